The van der Waals surface area contributed by atoms with E-state index in [2.05, 4.69) is 6.07 Å². The van der Waals surface area contributed by atoms with Gasteiger partial charge in [0.05, 0.1) is 47.5 Å². The van der Waals surface area contributed by atoms with Gasteiger partial charge in [0, 0.05) is 17.8 Å². The molecule has 166 valence electrons. The van der Waals surface area contributed by atoms with Crippen molar-refractivity contribution in [2.75, 3.05) is 24.9 Å². The standard InChI is InChI=1S/C22H20ClN3O5S/c1-30-14-5-3-13(4-6-14)26-17-7-8-32(28,29)21(17)19(15(11-24)22(26)25)12-9-16(23)20(27)18(10-12)31-2/h3-6,9-10,19,27H,7-8,25H2,1-2H3/t19-/m0/s1. The average Bonchev–Trinajstić information content (AvgIpc) is 3.09. The molecule has 0 saturated carbocycles. The van der Waals surface area contributed by atoms with E-state index in [1.54, 1.807) is 36.3 Å². The van der Waals surface area contributed by atoms with E-state index in [0.717, 1.165) is 0 Å². The van der Waals surface area contributed by atoms with Crippen LogP contribution < -0.4 is 20.1 Å². The molecule has 0 bridgehead atoms. The van der Waals surface area contributed by atoms with Gasteiger partial charge >= 0.3 is 0 Å². The van der Waals surface area contributed by atoms with Gasteiger partial charge in [0.25, 0.3) is 0 Å². The first-order chi connectivity index (χ1) is 15.2. The Labute approximate surface area is 190 Å². The second kappa shape index (κ2) is 7.97. The number of halogens is 1. The van der Waals surface area contributed by atoms with Crippen LogP contribution in [0.4, 0.5) is 5.69 Å². The Morgan fingerprint density at radius 3 is 2.50 bits per heavy atom. The Bertz CT molecular complexity index is 1310. The number of benzene rings is 2. The number of sulfone groups is 1. The minimum atomic E-state index is -3.68. The van der Waals surface area contributed by atoms with E-state index in [0.29, 0.717) is 22.7 Å². The van der Waals surface area contributed by atoms with Crippen LogP contribution in [0.2, 0.25) is 5.02 Å². The molecule has 2 aromatic rings. The molecule has 2 aromatic carbocycles. The molecule has 4 rings (SSSR count). The zero-order valence-electron chi connectivity index (χ0n) is 17.3. The molecule has 0 radical (unpaired) electrons. The fraction of sp³-hybridized carbons (Fsp3) is 0.227. The Morgan fingerprint density at radius 1 is 1.22 bits per heavy atom. The first kappa shape index (κ1) is 21.9. The van der Waals surface area contributed by atoms with Crippen molar-refractivity contribution in [3.05, 3.63) is 69.0 Å². The summed E-state index contributed by atoms with van der Waals surface area (Å²) >= 11 is 6.16. The highest BCUT2D eigenvalue weighted by atomic mass is 35.5. The molecule has 0 spiro atoms. The highest BCUT2D eigenvalue weighted by Gasteiger charge is 2.45. The largest absolute Gasteiger partial charge is 0.503 e. The molecule has 0 amide bonds. The number of rotatable bonds is 4. The zero-order chi connectivity index (χ0) is 23.2. The van der Waals surface area contributed by atoms with Crippen LogP contribution in [0, 0.1) is 11.3 Å². The number of ether oxygens (including phenoxy) is 2. The number of hydrogen-bond donors (Lipinski definition) is 2. The molecule has 10 heteroatoms. The summed E-state index contributed by atoms with van der Waals surface area (Å²) in [7, 11) is -0.781. The lowest BCUT2D eigenvalue weighted by molar-refractivity contribution is 0.373. The third kappa shape index (κ3) is 3.32. The maximum Gasteiger partial charge on any atom is 0.177 e. The fourth-order valence-corrected chi connectivity index (χ4v) is 6.21. The number of methoxy groups -OCH3 is 2. The van der Waals surface area contributed by atoms with Crippen LogP contribution in [0.25, 0.3) is 0 Å². The zero-order valence-corrected chi connectivity index (χ0v) is 18.9. The molecule has 3 N–H and O–H groups in total. The van der Waals surface area contributed by atoms with Crippen LogP contribution >= 0.6 is 11.6 Å². The Balaban J connectivity index is 1.98. The second-order valence-electron chi connectivity index (χ2n) is 7.31. The molecule has 0 aliphatic carbocycles. The van der Waals surface area contributed by atoms with Gasteiger partial charge < -0.3 is 20.3 Å². The lowest BCUT2D eigenvalue weighted by atomic mass is 9.86. The summed E-state index contributed by atoms with van der Waals surface area (Å²) in [4.78, 5) is 1.70. The maximum atomic E-state index is 13.1. The topological polar surface area (TPSA) is 126 Å². The molecule has 2 heterocycles. The fourth-order valence-electron chi connectivity index (χ4n) is 4.14. The van der Waals surface area contributed by atoms with Gasteiger partial charge in [0.1, 0.15) is 11.6 Å². The van der Waals surface area contributed by atoms with Crippen LogP contribution in [0.3, 0.4) is 0 Å². The molecular weight excluding hydrogens is 454 g/mol. The Morgan fingerprint density at radius 2 is 1.91 bits per heavy atom. The first-order valence-corrected chi connectivity index (χ1v) is 11.6. The average molecular weight is 474 g/mol. The van der Waals surface area contributed by atoms with Gasteiger partial charge in [-0.2, -0.15) is 5.26 Å². The van der Waals surface area contributed by atoms with Gasteiger partial charge in [-0.1, -0.05) is 11.6 Å². The third-order valence-corrected chi connectivity index (χ3v) is 7.79. The summed E-state index contributed by atoms with van der Waals surface area (Å²) in [6.07, 6.45) is 0.239. The highest BCUT2D eigenvalue weighted by molar-refractivity contribution is 7.95. The minimum absolute atomic E-state index is 0.0228. The number of nitriles is 1. The predicted octanol–water partition coefficient (Wildman–Crippen LogP) is 3.39. The highest BCUT2D eigenvalue weighted by Crippen LogP contribution is 2.50. The molecule has 0 unspecified atom stereocenters. The quantitative estimate of drug-likeness (QED) is 0.692. The summed E-state index contributed by atoms with van der Waals surface area (Å²) in [6, 6.07) is 11.9. The molecule has 8 nitrogen and oxygen atoms in total. The van der Waals surface area contributed by atoms with Crippen molar-refractivity contribution >= 4 is 27.1 Å². The molecular formula is C22H20ClN3O5S. The van der Waals surface area contributed by atoms with E-state index < -0.39 is 15.8 Å². The molecule has 1 atom stereocenters. The number of hydrogen-bond acceptors (Lipinski definition) is 8. The molecule has 32 heavy (non-hydrogen) atoms. The van der Waals surface area contributed by atoms with Crippen molar-refractivity contribution in [1.29, 1.82) is 5.26 Å². The number of nitrogens with zero attached hydrogens (tertiary/aromatic N) is 2. The van der Waals surface area contributed by atoms with Crippen LogP contribution in [0.5, 0.6) is 17.2 Å². The predicted molar refractivity (Wildman–Crippen MR) is 120 cm³/mol. The van der Waals surface area contributed by atoms with Crippen LogP contribution in [0.1, 0.15) is 17.9 Å². The van der Waals surface area contributed by atoms with Gasteiger partial charge in [0.2, 0.25) is 0 Å². The third-order valence-electron chi connectivity index (χ3n) is 5.62. The summed E-state index contributed by atoms with van der Waals surface area (Å²) in [5.74, 6) is -0.516. The lowest BCUT2D eigenvalue weighted by Crippen LogP contribution is -2.34. The van der Waals surface area contributed by atoms with Gasteiger partial charge in [-0.25, -0.2) is 8.42 Å². The summed E-state index contributed by atoms with van der Waals surface area (Å²) < 4.78 is 36.7. The van der Waals surface area contributed by atoms with E-state index >= 15 is 0 Å². The number of phenols is 1. The van der Waals surface area contributed by atoms with E-state index in [9.17, 15) is 18.8 Å². The van der Waals surface area contributed by atoms with E-state index in [-0.39, 0.29) is 45.0 Å². The van der Waals surface area contributed by atoms with Crippen molar-refractivity contribution in [3.8, 4) is 23.3 Å². The normalized spacial score (nSPS) is 19.6. The van der Waals surface area contributed by atoms with E-state index in [1.165, 1.54) is 19.2 Å². The number of allylic oxidation sites excluding steroid dienone is 3. The van der Waals surface area contributed by atoms with E-state index in [4.69, 9.17) is 26.8 Å². The second-order valence-corrected chi connectivity index (χ2v) is 9.80. The maximum absolute atomic E-state index is 13.1. The van der Waals surface area contributed by atoms with Crippen molar-refractivity contribution in [2.24, 2.45) is 5.73 Å². The molecule has 2 aliphatic heterocycles. The summed E-state index contributed by atoms with van der Waals surface area (Å²) in [6.45, 7) is 0. The van der Waals surface area contributed by atoms with Crippen molar-refractivity contribution in [1.82, 2.24) is 0 Å². The number of nitrogens with two attached hydrogens (primary N) is 1. The van der Waals surface area contributed by atoms with Gasteiger partial charge in [-0.05, 0) is 42.0 Å². The molecule has 0 saturated heterocycles. The SMILES string of the molecule is COc1ccc(N2C(N)=C(C#N)[C@H](c3cc(Cl)c(O)c(OC)c3)C3=C2CCS3(=O)=O)cc1. The van der Waals surface area contributed by atoms with Crippen molar-refractivity contribution < 1.29 is 23.0 Å². The van der Waals surface area contributed by atoms with Crippen molar-refractivity contribution in [2.45, 2.75) is 12.3 Å². The van der Waals surface area contributed by atoms with Crippen molar-refractivity contribution in [3.63, 3.8) is 0 Å². The Hall–Kier alpha value is -3.35. The first-order valence-electron chi connectivity index (χ1n) is 9.59. The van der Waals surface area contributed by atoms with Crippen LogP contribution in [0.15, 0.2) is 58.4 Å². The van der Waals surface area contributed by atoms with Gasteiger partial charge in [-0.3, -0.25) is 4.90 Å². The molecule has 2 aliphatic rings. The smallest absolute Gasteiger partial charge is 0.177 e. The van der Waals surface area contributed by atoms with Crippen LogP contribution in [-0.4, -0.2) is 33.5 Å². The molecule has 0 aromatic heterocycles. The van der Waals surface area contributed by atoms with Gasteiger partial charge in [-0.15, -0.1) is 0 Å². The number of aromatic hydroxyl groups is 1. The van der Waals surface area contributed by atoms with Gasteiger partial charge in [0.15, 0.2) is 21.3 Å². The minimum Gasteiger partial charge on any atom is -0.503 e. The lowest BCUT2D eigenvalue weighted by Gasteiger charge is -2.35. The Kier molecular flexibility index (Phi) is 5.44. The molecule has 0 fully saturated rings. The number of phenolic OH excluding ortho intramolecular Hbond substituents is 1. The summed E-state index contributed by atoms with van der Waals surface area (Å²) in [5, 5.41) is 20.1. The summed E-state index contributed by atoms with van der Waals surface area (Å²) in [5.41, 5.74) is 8.02. The number of anilines is 1. The monoisotopic (exact) mass is 473 g/mol. The van der Waals surface area contributed by atoms with E-state index in [1.807, 2.05) is 0 Å². The van der Waals surface area contributed by atoms with Crippen LogP contribution in [-0.2, 0) is 9.84 Å².